The second kappa shape index (κ2) is 4.37. The number of ether oxygens (including phenoxy) is 1. The van der Waals surface area contributed by atoms with E-state index in [4.69, 9.17) is 0 Å². The van der Waals surface area contributed by atoms with Gasteiger partial charge in [0.25, 0.3) is 0 Å². The van der Waals surface area contributed by atoms with Gasteiger partial charge in [0.15, 0.2) is 5.69 Å². The summed E-state index contributed by atoms with van der Waals surface area (Å²) in [7, 11) is 0. The first-order chi connectivity index (χ1) is 6.86. The van der Waals surface area contributed by atoms with Crippen LogP contribution >= 0.6 is 22.6 Å². The number of esters is 1. The lowest BCUT2D eigenvalue weighted by Crippen LogP contribution is -2.18. The van der Waals surface area contributed by atoms with Crippen molar-refractivity contribution in [2.45, 2.75) is 13.2 Å². The van der Waals surface area contributed by atoms with E-state index in [1.165, 1.54) is 0 Å². The highest BCUT2D eigenvalue weighted by Crippen LogP contribution is 2.23. The molecular weight excluding hydrogens is 328 g/mol. The van der Waals surface area contributed by atoms with Crippen LogP contribution in [0.15, 0.2) is 6.20 Å². The minimum atomic E-state index is -4.62. The van der Waals surface area contributed by atoms with Gasteiger partial charge in [-0.2, -0.15) is 9.78 Å². The van der Waals surface area contributed by atoms with Crippen molar-refractivity contribution in [3.05, 3.63) is 15.5 Å². The fourth-order valence-corrected chi connectivity index (χ4v) is 1.41. The smallest absolute Gasteiger partial charge is 0.461 e. The lowest BCUT2D eigenvalue weighted by molar-refractivity contribution is -0.212. The summed E-state index contributed by atoms with van der Waals surface area (Å²) in [6.07, 6.45) is -3.89. The van der Waals surface area contributed by atoms with Crippen molar-refractivity contribution in [2.75, 3.05) is 6.61 Å². The third-order valence-corrected chi connectivity index (χ3v) is 2.19. The molecule has 0 aliphatic heterocycles. The number of aromatic nitrogens is 2. The van der Waals surface area contributed by atoms with Gasteiger partial charge in [-0.1, -0.05) is 0 Å². The molecule has 15 heavy (non-hydrogen) atoms. The van der Waals surface area contributed by atoms with Crippen LogP contribution in [0.2, 0.25) is 0 Å². The van der Waals surface area contributed by atoms with Crippen LogP contribution in [-0.4, -0.2) is 22.4 Å². The number of carbonyl (C=O) groups excluding carboxylic acids is 1. The molecule has 0 bridgehead atoms. The van der Waals surface area contributed by atoms with Gasteiger partial charge >= 0.3 is 12.3 Å². The first-order valence-electron chi connectivity index (χ1n) is 3.85. The molecular formula is C7H6F3IN2O2. The van der Waals surface area contributed by atoms with Gasteiger partial charge in [0, 0.05) is 6.20 Å². The number of hydrogen-bond donors (Lipinski definition) is 0. The zero-order valence-corrected chi connectivity index (χ0v) is 9.66. The standard InChI is InChI=1S/C7H6F3IN2O2/c1-2-15-6(14)5-4(11)3-13(12-5)7(8,9)10/h3H,2H2,1H3. The lowest BCUT2D eigenvalue weighted by Gasteiger charge is -2.04. The van der Waals surface area contributed by atoms with Gasteiger partial charge in [0.2, 0.25) is 0 Å². The Hall–Kier alpha value is -0.800. The highest BCUT2D eigenvalue weighted by molar-refractivity contribution is 14.1. The van der Waals surface area contributed by atoms with Gasteiger partial charge in [-0.15, -0.1) is 13.2 Å². The summed E-state index contributed by atoms with van der Waals surface area (Å²) in [5, 5.41) is 3.11. The van der Waals surface area contributed by atoms with E-state index in [0.29, 0.717) is 0 Å². The van der Waals surface area contributed by atoms with E-state index in [-0.39, 0.29) is 20.6 Å². The molecule has 1 aromatic heterocycles. The van der Waals surface area contributed by atoms with E-state index in [1.54, 1.807) is 29.5 Å². The highest BCUT2D eigenvalue weighted by Gasteiger charge is 2.33. The molecule has 0 fully saturated rings. The Bertz CT molecular complexity index is 375. The van der Waals surface area contributed by atoms with Crippen molar-refractivity contribution in [1.29, 1.82) is 0 Å². The van der Waals surface area contributed by atoms with Gasteiger partial charge in [-0.05, 0) is 29.5 Å². The summed E-state index contributed by atoms with van der Waals surface area (Å²) in [6, 6.07) is 0. The van der Waals surface area contributed by atoms with Gasteiger partial charge in [-0.25, -0.2) is 4.79 Å². The van der Waals surface area contributed by atoms with Crippen molar-refractivity contribution >= 4 is 28.6 Å². The highest BCUT2D eigenvalue weighted by atomic mass is 127. The van der Waals surface area contributed by atoms with Crippen LogP contribution < -0.4 is 0 Å². The fraction of sp³-hybridized carbons (Fsp3) is 0.429. The zero-order chi connectivity index (χ0) is 11.6. The molecule has 0 aromatic carbocycles. The molecule has 0 unspecified atom stereocenters. The monoisotopic (exact) mass is 334 g/mol. The lowest BCUT2D eigenvalue weighted by atomic mass is 10.4. The van der Waals surface area contributed by atoms with Crippen LogP contribution in [0, 0.1) is 3.57 Å². The number of nitrogens with zero attached hydrogens (tertiary/aromatic N) is 2. The molecule has 0 aliphatic rings. The molecule has 0 radical (unpaired) electrons. The van der Waals surface area contributed by atoms with Gasteiger partial charge < -0.3 is 4.74 Å². The molecule has 0 saturated carbocycles. The van der Waals surface area contributed by atoms with Crippen molar-refractivity contribution in [1.82, 2.24) is 9.78 Å². The summed E-state index contributed by atoms with van der Waals surface area (Å²) < 4.78 is 41.0. The van der Waals surface area contributed by atoms with E-state index in [1.807, 2.05) is 0 Å². The number of rotatable bonds is 2. The van der Waals surface area contributed by atoms with Gasteiger partial charge in [0.05, 0.1) is 10.2 Å². The summed E-state index contributed by atoms with van der Waals surface area (Å²) in [5.41, 5.74) is -0.324. The summed E-state index contributed by atoms with van der Waals surface area (Å²) in [4.78, 5) is 11.1. The number of halogens is 4. The zero-order valence-electron chi connectivity index (χ0n) is 7.51. The largest absolute Gasteiger partial charge is 0.504 e. The van der Waals surface area contributed by atoms with Crippen molar-refractivity contribution in [2.24, 2.45) is 0 Å². The molecule has 1 rings (SSSR count). The van der Waals surface area contributed by atoms with Crippen molar-refractivity contribution in [3.63, 3.8) is 0 Å². The third-order valence-electron chi connectivity index (χ3n) is 1.40. The predicted octanol–water partition coefficient (Wildman–Crippen LogP) is 2.14. The minimum absolute atomic E-state index is 0.0911. The van der Waals surface area contributed by atoms with E-state index in [9.17, 15) is 18.0 Å². The van der Waals surface area contributed by atoms with E-state index in [2.05, 4.69) is 9.84 Å². The molecule has 0 aliphatic carbocycles. The summed E-state index contributed by atoms with van der Waals surface area (Å²) in [6.45, 7) is 1.65. The first-order valence-corrected chi connectivity index (χ1v) is 4.93. The Morgan fingerprint density at radius 2 is 2.27 bits per heavy atom. The van der Waals surface area contributed by atoms with Crippen LogP contribution in [0.4, 0.5) is 13.2 Å². The molecule has 0 saturated heterocycles. The topological polar surface area (TPSA) is 44.1 Å². The average molecular weight is 334 g/mol. The second-order valence-electron chi connectivity index (χ2n) is 2.46. The maximum absolute atomic E-state index is 12.2. The normalized spacial score (nSPS) is 11.5. The molecule has 0 N–H and O–H groups in total. The number of alkyl halides is 3. The third kappa shape index (κ3) is 2.83. The predicted molar refractivity (Wildman–Crippen MR) is 52.2 cm³/mol. The molecule has 8 heteroatoms. The summed E-state index contributed by atoms with van der Waals surface area (Å²) >= 11 is 1.59. The average Bonchev–Trinajstić information content (AvgIpc) is 2.47. The van der Waals surface area contributed by atoms with Crippen molar-refractivity contribution in [3.8, 4) is 0 Å². The molecule has 0 spiro atoms. The Kier molecular flexibility index (Phi) is 3.58. The second-order valence-corrected chi connectivity index (χ2v) is 3.62. The quantitative estimate of drug-likeness (QED) is 0.615. The molecule has 84 valence electrons. The van der Waals surface area contributed by atoms with Gasteiger partial charge in [-0.3, -0.25) is 0 Å². The Morgan fingerprint density at radius 3 is 2.67 bits per heavy atom. The Morgan fingerprint density at radius 1 is 1.67 bits per heavy atom. The Balaban J connectivity index is 3.02. The summed E-state index contributed by atoms with van der Waals surface area (Å²) in [5.74, 6) is -0.857. The molecule has 1 heterocycles. The van der Waals surface area contributed by atoms with E-state index >= 15 is 0 Å². The molecule has 0 atom stereocenters. The fourth-order valence-electron chi connectivity index (χ4n) is 0.821. The molecule has 4 nitrogen and oxygen atoms in total. The maximum Gasteiger partial charge on any atom is 0.504 e. The van der Waals surface area contributed by atoms with Crippen LogP contribution in [-0.2, 0) is 11.0 Å². The van der Waals surface area contributed by atoms with Crippen LogP contribution in [0.5, 0.6) is 0 Å². The van der Waals surface area contributed by atoms with E-state index in [0.717, 1.165) is 6.20 Å². The number of carbonyl (C=O) groups is 1. The van der Waals surface area contributed by atoms with Crippen LogP contribution in [0.25, 0.3) is 0 Å². The van der Waals surface area contributed by atoms with Crippen LogP contribution in [0.1, 0.15) is 17.4 Å². The number of hydrogen-bond acceptors (Lipinski definition) is 3. The van der Waals surface area contributed by atoms with Crippen LogP contribution in [0.3, 0.4) is 0 Å². The first kappa shape index (κ1) is 12.3. The molecule has 0 amide bonds. The molecule has 1 aromatic rings. The van der Waals surface area contributed by atoms with E-state index < -0.39 is 12.3 Å². The van der Waals surface area contributed by atoms with Crippen molar-refractivity contribution < 1.29 is 22.7 Å². The van der Waals surface area contributed by atoms with Gasteiger partial charge in [0.1, 0.15) is 0 Å². The Labute approximate surface area is 96.5 Å². The minimum Gasteiger partial charge on any atom is -0.461 e. The SMILES string of the molecule is CCOC(=O)c1nn(C(F)(F)F)cc1I. The maximum atomic E-state index is 12.2.